The normalized spacial score (nSPS) is 15.5. The van der Waals surface area contributed by atoms with Gasteiger partial charge in [-0.2, -0.15) is 0 Å². The van der Waals surface area contributed by atoms with Gasteiger partial charge in [0, 0.05) is 49.9 Å². The summed E-state index contributed by atoms with van der Waals surface area (Å²) in [5.41, 5.74) is 2.14. The topological polar surface area (TPSA) is 107 Å². The number of hydrogen-bond donors (Lipinski definition) is 0. The second-order valence-electron chi connectivity index (χ2n) is 8.32. The third kappa shape index (κ3) is 4.77. The number of imidazole rings is 1. The molecule has 1 unspecified atom stereocenters. The van der Waals surface area contributed by atoms with Gasteiger partial charge in [-0.25, -0.2) is 23.0 Å². The summed E-state index contributed by atoms with van der Waals surface area (Å²) in [5, 5.41) is 8.65. The number of aromatic nitrogens is 4. The Labute approximate surface area is 222 Å². The Morgan fingerprint density at radius 1 is 1.11 bits per heavy atom. The number of furan rings is 1. The Balaban J connectivity index is 1.21. The minimum absolute atomic E-state index is 0.308. The number of fused-ring (bicyclic) bond motifs is 2. The van der Waals surface area contributed by atoms with E-state index < -0.39 is 11.0 Å². The highest BCUT2D eigenvalue weighted by Gasteiger charge is 2.22. The molecule has 0 N–H and O–H groups in total. The molecule has 1 fully saturated rings. The fourth-order valence-corrected chi connectivity index (χ4v) is 6.37. The van der Waals surface area contributed by atoms with Gasteiger partial charge in [-0.05, 0) is 17.4 Å². The highest BCUT2D eigenvalue weighted by atomic mass is 32.2. The fraction of sp³-hybridized carbons (Fsp3) is 0.348. The van der Waals surface area contributed by atoms with Crippen LogP contribution in [0.25, 0.3) is 27.4 Å². The largest absolute Gasteiger partial charge is 0.496 e. The van der Waals surface area contributed by atoms with E-state index in [4.69, 9.17) is 23.6 Å². The maximum Gasteiger partial charge on any atom is 0.294 e. The molecule has 0 radical (unpaired) electrons. The van der Waals surface area contributed by atoms with Gasteiger partial charge in [0.1, 0.15) is 29.4 Å². The average Bonchev–Trinajstić information content (AvgIpc) is 3.69. The van der Waals surface area contributed by atoms with Gasteiger partial charge in [0.05, 0.1) is 42.5 Å². The molecular weight excluding hydrogens is 536 g/mol. The molecule has 194 valence electrons. The van der Waals surface area contributed by atoms with Crippen molar-refractivity contribution in [3.63, 3.8) is 0 Å². The number of thiazole rings is 1. The SMILES string of the molecule is COc1cc(OCc2csc(N3CCN(S(C)=O)CC3)n2)c2cc(-c3cn4nc(OC)sc4n3)oc2c1. The molecule has 11 nitrogen and oxygen atoms in total. The Kier molecular flexibility index (Phi) is 6.48. The molecule has 1 aromatic carbocycles. The van der Waals surface area contributed by atoms with E-state index in [1.54, 1.807) is 42.5 Å². The van der Waals surface area contributed by atoms with Crippen molar-refractivity contribution in [3.8, 4) is 28.1 Å². The molecule has 37 heavy (non-hydrogen) atoms. The molecule has 4 aromatic heterocycles. The smallest absolute Gasteiger partial charge is 0.294 e. The number of piperazine rings is 1. The van der Waals surface area contributed by atoms with Crippen LogP contribution in [0.2, 0.25) is 0 Å². The molecule has 1 atom stereocenters. The van der Waals surface area contributed by atoms with Crippen LogP contribution in [0.5, 0.6) is 16.7 Å². The first-order valence-corrected chi connectivity index (χ1v) is 14.6. The summed E-state index contributed by atoms with van der Waals surface area (Å²) in [7, 11) is 2.26. The van der Waals surface area contributed by atoms with Gasteiger partial charge >= 0.3 is 0 Å². The van der Waals surface area contributed by atoms with Crippen LogP contribution in [0.4, 0.5) is 5.13 Å². The third-order valence-corrected chi connectivity index (χ3v) is 8.97. The van der Waals surface area contributed by atoms with Crippen LogP contribution in [0, 0.1) is 0 Å². The summed E-state index contributed by atoms with van der Waals surface area (Å²) < 4.78 is 38.3. The molecule has 1 aliphatic rings. The number of hydrogen-bond acceptors (Lipinski definition) is 11. The molecular formula is C23H24N6O5S3. The van der Waals surface area contributed by atoms with Crippen molar-refractivity contribution in [1.82, 2.24) is 23.9 Å². The molecule has 6 rings (SSSR count). The second-order valence-corrected chi connectivity index (χ2v) is 11.4. The van der Waals surface area contributed by atoms with E-state index in [1.165, 1.54) is 11.3 Å². The molecule has 0 amide bonds. The van der Waals surface area contributed by atoms with Gasteiger partial charge < -0.3 is 23.5 Å². The van der Waals surface area contributed by atoms with Crippen LogP contribution in [0.3, 0.4) is 0 Å². The zero-order valence-electron chi connectivity index (χ0n) is 20.4. The van der Waals surface area contributed by atoms with Crippen molar-refractivity contribution < 1.29 is 22.8 Å². The Morgan fingerprint density at radius 3 is 2.68 bits per heavy atom. The van der Waals surface area contributed by atoms with Gasteiger partial charge in [0.15, 0.2) is 10.9 Å². The van der Waals surface area contributed by atoms with Crippen LogP contribution in [0.1, 0.15) is 5.69 Å². The summed E-state index contributed by atoms with van der Waals surface area (Å²) in [6, 6.07) is 5.59. The van der Waals surface area contributed by atoms with Gasteiger partial charge in [0.2, 0.25) is 4.96 Å². The monoisotopic (exact) mass is 560 g/mol. The van der Waals surface area contributed by atoms with Gasteiger partial charge in [-0.3, -0.25) is 0 Å². The summed E-state index contributed by atoms with van der Waals surface area (Å²) in [4.78, 5) is 12.3. The first-order chi connectivity index (χ1) is 18.0. The van der Waals surface area contributed by atoms with E-state index in [1.807, 2.05) is 27.9 Å². The van der Waals surface area contributed by atoms with E-state index in [0.29, 0.717) is 45.3 Å². The first-order valence-electron chi connectivity index (χ1n) is 11.4. The van der Waals surface area contributed by atoms with Gasteiger partial charge in [-0.1, -0.05) is 0 Å². The predicted octanol–water partition coefficient (Wildman–Crippen LogP) is 3.67. The minimum Gasteiger partial charge on any atom is -0.496 e. The highest BCUT2D eigenvalue weighted by molar-refractivity contribution is 7.81. The molecule has 5 aromatic rings. The highest BCUT2D eigenvalue weighted by Crippen LogP contribution is 2.37. The summed E-state index contributed by atoms with van der Waals surface area (Å²) in [5.74, 6) is 1.87. The van der Waals surface area contributed by atoms with Crippen molar-refractivity contribution in [2.75, 3.05) is 51.6 Å². The lowest BCUT2D eigenvalue weighted by molar-refractivity contribution is 0.303. The number of methoxy groups -OCH3 is 2. The number of ether oxygens (including phenoxy) is 3. The lowest BCUT2D eigenvalue weighted by atomic mass is 10.2. The maximum atomic E-state index is 11.7. The van der Waals surface area contributed by atoms with Crippen molar-refractivity contribution >= 4 is 54.7 Å². The molecule has 14 heteroatoms. The summed E-state index contributed by atoms with van der Waals surface area (Å²) in [6.45, 7) is 3.43. The lowest BCUT2D eigenvalue weighted by Crippen LogP contribution is -2.46. The van der Waals surface area contributed by atoms with Gasteiger partial charge in [0.25, 0.3) is 5.19 Å². The van der Waals surface area contributed by atoms with E-state index in [2.05, 4.69) is 15.0 Å². The number of nitrogens with zero attached hydrogens (tertiary/aromatic N) is 6. The number of rotatable bonds is 8. The Morgan fingerprint density at radius 2 is 1.95 bits per heavy atom. The van der Waals surface area contributed by atoms with E-state index >= 15 is 0 Å². The van der Waals surface area contributed by atoms with Crippen molar-refractivity contribution in [1.29, 1.82) is 0 Å². The van der Waals surface area contributed by atoms with E-state index in [0.717, 1.165) is 42.4 Å². The molecule has 1 saturated heterocycles. The standard InChI is InChI=1S/C23H24N6O5S3/c1-31-15-8-18(33-12-14-13-35-21(24-14)27-4-6-28(7-5-27)37(3)30)16-10-20(34-19(16)9-15)17-11-29-22(25-17)36-23(26-29)32-2/h8-11,13H,4-7,12H2,1-3H3. The molecule has 5 heterocycles. The van der Waals surface area contributed by atoms with Crippen LogP contribution in [0.15, 0.2) is 34.2 Å². The van der Waals surface area contributed by atoms with Crippen molar-refractivity contribution in [2.45, 2.75) is 6.61 Å². The van der Waals surface area contributed by atoms with E-state index in [-0.39, 0.29) is 0 Å². The lowest BCUT2D eigenvalue weighted by Gasteiger charge is -2.32. The molecule has 0 aliphatic carbocycles. The molecule has 1 aliphatic heterocycles. The predicted molar refractivity (Wildman–Crippen MR) is 143 cm³/mol. The minimum atomic E-state index is -0.932. The Hall–Kier alpha value is -3.20. The fourth-order valence-electron chi connectivity index (χ4n) is 4.13. The van der Waals surface area contributed by atoms with Crippen LogP contribution < -0.4 is 19.1 Å². The average molecular weight is 561 g/mol. The van der Waals surface area contributed by atoms with Crippen LogP contribution in [-0.2, 0) is 17.6 Å². The molecule has 0 saturated carbocycles. The number of benzene rings is 1. The summed E-state index contributed by atoms with van der Waals surface area (Å²) >= 11 is 2.95. The van der Waals surface area contributed by atoms with Crippen molar-refractivity contribution in [2.24, 2.45) is 0 Å². The third-order valence-electron chi connectivity index (χ3n) is 6.05. The van der Waals surface area contributed by atoms with E-state index in [9.17, 15) is 4.21 Å². The number of anilines is 1. The zero-order chi connectivity index (χ0) is 25.5. The summed E-state index contributed by atoms with van der Waals surface area (Å²) in [6.07, 6.45) is 3.53. The Bertz CT molecular complexity index is 1550. The van der Waals surface area contributed by atoms with Gasteiger partial charge in [-0.15, -0.1) is 16.4 Å². The van der Waals surface area contributed by atoms with Crippen LogP contribution >= 0.6 is 22.7 Å². The van der Waals surface area contributed by atoms with Crippen LogP contribution in [-0.4, -0.2) is 74.8 Å². The molecule has 0 spiro atoms. The quantitative estimate of drug-likeness (QED) is 0.281. The zero-order valence-corrected chi connectivity index (χ0v) is 22.8. The molecule has 0 bridgehead atoms. The maximum absolute atomic E-state index is 11.7. The van der Waals surface area contributed by atoms with Crippen molar-refractivity contribution in [3.05, 3.63) is 35.5 Å². The second kappa shape index (κ2) is 9.93. The first kappa shape index (κ1) is 24.2.